The van der Waals surface area contributed by atoms with Crippen molar-refractivity contribution in [1.29, 1.82) is 0 Å². The molecule has 1 N–H and O–H groups in total. The second-order valence-corrected chi connectivity index (χ2v) is 7.31. The van der Waals surface area contributed by atoms with Gasteiger partial charge in [0.25, 0.3) is 0 Å². The van der Waals surface area contributed by atoms with Crippen molar-refractivity contribution in [3.63, 3.8) is 0 Å². The van der Waals surface area contributed by atoms with E-state index in [2.05, 4.69) is 42.3 Å². The van der Waals surface area contributed by atoms with Crippen molar-refractivity contribution in [3.8, 4) is 10.6 Å². The lowest BCUT2D eigenvalue weighted by Crippen LogP contribution is -2.00. The van der Waals surface area contributed by atoms with Crippen LogP contribution in [0.3, 0.4) is 0 Å². The van der Waals surface area contributed by atoms with Gasteiger partial charge in [-0.1, -0.05) is 29.8 Å². The summed E-state index contributed by atoms with van der Waals surface area (Å²) >= 11 is 7.63. The van der Waals surface area contributed by atoms with E-state index in [1.165, 1.54) is 22.5 Å². The molecule has 4 aromatic rings. The zero-order valence-corrected chi connectivity index (χ0v) is 14.8. The number of imidazole rings is 1. The van der Waals surface area contributed by atoms with E-state index in [4.69, 9.17) is 16.6 Å². The minimum absolute atomic E-state index is 0.658. The fraction of sp³-hybridized carbons (Fsp3) is 0.111. The van der Waals surface area contributed by atoms with Gasteiger partial charge < -0.3 is 5.32 Å². The van der Waals surface area contributed by atoms with Crippen molar-refractivity contribution in [3.05, 3.63) is 64.3 Å². The zero-order valence-electron chi connectivity index (χ0n) is 13.2. The van der Waals surface area contributed by atoms with Crippen LogP contribution in [0.4, 0.5) is 11.5 Å². The molecule has 0 aliphatic rings. The fourth-order valence-electron chi connectivity index (χ4n) is 2.75. The molecule has 0 spiro atoms. The van der Waals surface area contributed by atoms with Crippen LogP contribution in [0.15, 0.2) is 48.8 Å². The summed E-state index contributed by atoms with van der Waals surface area (Å²) in [6, 6.07) is 12.0. The summed E-state index contributed by atoms with van der Waals surface area (Å²) in [5.41, 5.74) is 4.31. The number of hydrogen-bond acceptors (Lipinski definition) is 4. The lowest BCUT2D eigenvalue weighted by molar-refractivity contribution is 1.11. The molecule has 0 fully saturated rings. The number of aromatic nitrogens is 3. The lowest BCUT2D eigenvalue weighted by Gasteiger charge is -2.13. The topological polar surface area (TPSA) is 42.2 Å². The zero-order chi connectivity index (χ0) is 16.7. The molecule has 3 heterocycles. The Morgan fingerprint density at radius 3 is 2.58 bits per heavy atom. The van der Waals surface area contributed by atoms with Gasteiger partial charge in [-0.2, -0.15) is 0 Å². The van der Waals surface area contributed by atoms with Gasteiger partial charge in [-0.25, -0.2) is 9.97 Å². The van der Waals surface area contributed by atoms with Crippen LogP contribution in [-0.2, 0) is 0 Å². The Hall–Kier alpha value is -2.37. The first-order valence-corrected chi connectivity index (χ1v) is 8.75. The summed E-state index contributed by atoms with van der Waals surface area (Å²) < 4.78 is 2.71. The van der Waals surface area contributed by atoms with Gasteiger partial charge in [-0.05, 0) is 43.2 Å². The normalized spacial score (nSPS) is 11.1. The molecule has 0 saturated heterocycles. The van der Waals surface area contributed by atoms with Gasteiger partial charge in [-0.3, -0.25) is 4.40 Å². The van der Waals surface area contributed by atoms with Crippen molar-refractivity contribution in [1.82, 2.24) is 14.4 Å². The highest BCUT2D eigenvalue weighted by Gasteiger charge is 2.17. The Labute approximate surface area is 148 Å². The van der Waals surface area contributed by atoms with Crippen LogP contribution < -0.4 is 5.32 Å². The van der Waals surface area contributed by atoms with E-state index >= 15 is 0 Å². The molecule has 4 nitrogen and oxygen atoms in total. The van der Waals surface area contributed by atoms with E-state index in [0.29, 0.717) is 5.78 Å². The van der Waals surface area contributed by atoms with Gasteiger partial charge in [0.05, 0.1) is 9.21 Å². The van der Waals surface area contributed by atoms with E-state index < -0.39 is 0 Å². The molecule has 0 radical (unpaired) electrons. The Balaban J connectivity index is 1.93. The maximum Gasteiger partial charge on any atom is 0.236 e. The third-order valence-electron chi connectivity index (χ3n) is 3.93. The molecular weight excluding hydrogens is 340 g/mol. The van der Waals surface area contributed by atoms with Crippen molar-refractivity contribution < 1.29 is 0 Å². The molecule has 0 bridgehead atoms. The minimum atomic E-state index is 0.658. The van der Waals surface area contributed by atoms with Gasteiger partial charge in [0.15, 0.2) is 0 Å². The van der Waals surface area contributed by atoms with Crippen LogP contribution in [0.2, 0.25) is 4.34 Å². The summed E-state index contributed by atoms with van der Waals surface area (Å²) in [4.78, 5) is 10.1. The number of nitrogens with one attached hydrogen (secondary N) is 1. The van der Waals surface area contributed by atoms with Crippen molar-refractivity contribution >= 4 is 40.2 Å². The number of anilines is 2. The number of thiophene rings is 1. The van der Waals surface area contributed by atoms with Crippen molar-refractivity contribution in [2.24, 2.45) is 0 Å². The number of aryl methyl sites for hydroxylation is 2. The van der Waals surface area contributed by atoms with E-state index in [0.717, 1.165) is 26.4 Å². The van der Waals surface area contributed by atoms with E-state index in [-0.39, 0.29) is 0 Å². The Morgan fingerprint density at radius 2 is 1.88 bits per heavy atom. The van der Waals surface area contributed by atoms with Crippen molar-refractivity contribution in [2.75, 3.05) is 5.32 Å². The number of nitrogens with zero attached hydrogens (tertiary/aromatic N) is 3. The first-order valence-electron chi connectivity index (χ1n) is 7.55. The molecule has 0 atom stereocenters. The molecular formula is C18H15ClN4S. The largest absolute Gasteiger partial charge is 0.339 e. The van der Waals surface area contributed by atoms with Crippen LogP contribution in [0.25, 0.3) is 16.3 Å². The predicted molar refractivity (Wildman–Crippen MR) is 101 cm³/mol. The predicted octanol–water partition coefficient (Wildman–Crippen LogP) is 5.47. The maximum absolute atomic E-state index is 6.12. The highest BCUT2D eigenvalue weighted by atomic mass is 35.5. The summed E-state index contributed by atoms with van der Waals surface area (Å²) in [5.74, 6) is 1.56. The van der Waals surface area contributed by atoms with Crippen LogP contribution >= 0.6 is 22.9 Å². The third-order valence-corrected chi connectivity index (χ3v) is 5.17. The molecule has 24 heavy (non-hydrogen) atoms. The first kappa shape index (κ1) is 15.2. The molecule has 0 unspecified atom stereocenters. The monoisotopic (exact) mass is 354 g/mol. The average molecular weight is 355 g/mol. The number of fused-ring (bicyclic) bond motifs is 1. The maximum atomic E-state index is 6.12. The molecule has 0 amide bonds. The first-order chi connectivity index (χ1) is 11.6. The van der Waals surface area contributed by atoms with Gasteiger partial charge in [0.1, 0.15) is 11.5 Å². The van der Waals surface area contributed by atoms with E-state index in [1.807, 2.05) is 28.8 Å². The number of hydrogen-bond donors (Lipinski definition) is 1. The van der Waals surface area contributed by atoms with Gasteiger partial charge in [-0.15, -0.1) is 11.3 Å². The smallest absolute Gasteiger partial charge is 0.236 e. The summed E-state index contributed by atoms with van der Waals surface area (Å²) in [6.07, 6.45) is 3.71. The van der Waals surface area contributed by atoms with Crippen LogP contribution in [0.1, 0.15) is 11.1 Å². The standard InChI is InChI=1S/C18H15ClN4S/c1-11-5-3-6-12(2)15(11)21-17-16(13-7-8-14(19)24-13)22-18-20-9-4-10-23(17)18/h3-10,21H,1-2H3. The molecule has 0 aliphatic carbocycles. The average Bonchev–Trinajstić information content (AvgIpc) is 3.15. The number of para-hydroxylation sites is 1. The fourth-order valence-corrected chi connectivity index (χ4v) is 3.78. The number of halogens is 1. The molecule has 0 aliphatic heterocycles. The summed E-state index contributed by atoms with van der Waals surface area (Å²) in [5, 5.41) is 3.56. The van der Waals surface area contributed by atoms with Gasteiger partial charge in [0, 0.05) is 18.1 Å². The van der Waals surface area contributed by atoms with Crippen LogP contribution in [-0.4, -0.2) is 14.4 Å². The molecule has 1 aromatic carbocycles. The second-order valence-electron chi connectivity index (χ2n) is 5.59. The van der Waals surface area contributed by atoms with Gasteiger partial charge in [0.2, 0.25) is 5.78 Å². The van der Waals surface area contributed by atoms with Crippen molar-refractivity contribution in [2.45, 2.75) is 13.8 Å². The molecule has 120 valence electrons. The van der Waals surface area contributed by atoms with E-state index in [1.54, 1.807) is 6.20 Å². The third kappa shape index (κ3) is 2.56. The quantitative estimate of drug-likeness (QED) is 0.530. The number of rotatable bonds is 3. The molecule has 4 rings (SSSR count). The number of benzene rings is 1. The Bertz CT molecular complexity index is 1010. The summed E-state index contributed by atoms with van der Waals surface area (Å²) in [7, 11) is 0. The Kier molecular flexibility index (Phi) is 3.75. The van der Waals surface area contributed by atoms with E-state index in [9.17, 15) is 0 Å². The highest BCUT2D eigenvalue weighted by Crippen LogP contribution is 2.37. The lowest BCUT2D eigenvalue weighted by atomic mass is 10.1. The SMILES string of the molecule is Cc1cccc(C)c1Nc1c(-c2ccc(Cl)s2)nc2ncccn12. The highest BCUT2D eigenvalue weighted by molar-refractivity contribution is 7.19. The Morgan fingerprint density at radius 1 is 1.08 bits per heavy atom. The van der Waals surface area contributed by atoms with Crippen LogP contribution in [0, 0.1) is 13.8 Å². The van der Waals surface area contributed by atoms with Crippen LogP contribution in [0.5, 0.6) is 0 Å². The minimum Gasteiger partial charge on any atom is -0.339 e. The summed E-state index contributed by atoms with van der Waals surface area (Å²) in [6.45, 7) is 4.19. The second kappa shape index (κ2) is 5.92. The molecule has 0 saturated carbocycles. The molecule has 6 heteroatoms. The molecule has 3 aromatic heterocycles. The van der Waals surface area contributed by atoms with Gasteiger partial charge >= 0.3 is 0 Å².